The fraction of sp³-hybridized carbons (Fsp3) is 0. The predicted octanol–water partition coefficient (Wildman–Crippen LogP) is 4.46. The Morgan fingerprint density at radius 1 is 0.826 bits per heavy atom. The van der Waals surface area contributed by atoms with Crippen LogP contribution in [-0.4, -0.2) is 15.4 Å². The van der Waals surface area contributed by atoms with Gasteiger partial charge in [-0.2, -0.15) is 0 Å². The van der Waals surface area contributed by atoms with Gasteiger partial charge in [0.2, 0.25) is 0 Å². The third kappa shape index (κ3) is 1.98. The highest BCUT2D eigenvalue weighted by molar-refractivity contribution is 7.22. The zero-order chi connectivity index (χ0) is 16.1. The van der Waals surface area contributed by atoms with Gasteiger partial charge in [-0.15, -0.1) is 21.5 Å². The Hall–Kier alpha value is -2.61. The molecular formula is C15H5F4N3S. The number of hydrogen-bond donors (Lipinski definition) is 0. The van der Waals surface area contributed by atoms with Crippen LogP contribution in [0.15, 0.2) is 30.3 Å². The molecule has 2 aromatic carbocycles. The molecule has 2 aromatic heterocycles. The van der Waals surface area contributed by atoms with Crippen LogP contribution in [0.25, 0.3) is 31.6 Å². The first-order valence-electron chi connectivity index (χ1n) is 6.42. The van der Waals surface area contributed by atoms with Gasteiger partial charge in [0, 0.05) is 4.70 Å². The molecule has 0 saturated carbocycles. The van der Waals surface area contributed by atoms with Crippen molar-refractivity contribution in [3.05, 3.63) is 53.6 Å². The Labute approximate surface area is 130 Å². The summed E-state index contributed by atoms with van der Waals surface area (Å²) in [6, 6.07) is 9.03. The number of aromatic nitrogens is 3. The molecule has 0 unspecified atom stereocenters. The van der Waals surface area contributed by atoms with Crippen LogP contribution < -0.4 is 0 Å². The number of nitrogens with zero attached hydrogens (tertiary/aromatic N) is 3. The van der Waals surface area contributed by atoms with Crippen molar-refractivity contribution in [3.63, 3.8) is 0 Å². The molecule has 0 aliphatic rings. The molecule has 114 valence electrons. The summed E-state index contributed by atoms with van der Waals surface area (Å²) in [6.07, 6.45) is 0. The lowest BCUT2D eigenvalue weighted by molar-refractivity contribution is 0.416. The average Bonchev–Trinajstić information content (AvgIpc) is 3.01. The third-order valence-corrected chi connectivity index (χ3v) is 4.55. The van der Waals surface area contributed by atoms with Gasteiger partial charge >= 0.3 is 0 Å². The topological polar surface area (TPSA) is 38.7 Å². The lowest BCUT2D eigenvalue weighted by atomic mass is 10.1. The Bertz CT molecular complexity index is 1040. The molecule has 0 aliphatic carbocycles. The van der Waals surface area contributed by atoms with Gasteiger partial charge in [-0.25, -0.2) is 17.6 Å². The highest BCUT2D eigenvalue weighted by Crippen LogP contribution is 2.37. The molecule has 23 heavy (non-hydrogen) atoms. The number of thiophene rings is 1. The molecule has 0 atom stereocenters. The molecule has 0 radical (unpaired) electrons. The molecule has 0 bridgehead atoms. The van der Waals surface area contributed by atoms with E-state index in [1.165, 1.54) is 11.3 Å². The minimum Gasteiger partial charge on any atom is -0.203 e. The fourth-order valence-electron chi connectivity index (χ4n) is 2.36. The van der Waals surface area contributed by atoms with E-state index < -0.39 is 34.2 Å². The highest BCUT2D eigenvalue weighted by atomic mass is 32.1. The first-order chi connectivity index (χ1) is 11.1. The fourth-order valence-corrected chi connectivity index (χ4v) is 3.42. The van der Waals surface area contributed by atoms with Crippen molar-refractivity contribution in [1.29, 1.82) is 0 Å². The monoisotopic (exact) mass is 335 g/mol. The first kappa shape index (κ1) is 14.0. The summed E-state index contributed by atoms with van der Waals surface area (Å²) < 4.78 is 55.8. The zero-order valence-electron chi connectivity index (χ0n) is 11.1. The molecule has 0 saturated heterocycles. The second kappa shape index (κ2) is 4.95. The van der Waals surface area contributed by atoms with E-state index in [0.29, 0.717) is 4.88 Å². The molecule has 0 spiro atoms. The van der Waals surface area contributed by atoms with E-state index in [0.717, 1.165) is 10.1 Å². The van der Waals surface area contributed by atoms with Gasteiger partial charge in [-0.05, 0) is 22.7 Å². The van der Waals surface area contributed by atoms with Crippen molar-refractivity contribution in [1.82, 2.24) is 15.4 Å². The number of benzene rings is 2. The van der Waals surface area contributed by atoms with Crippen LogP contribution in [0.3, 0.4) is 0 Å². The van der Waals surface area contributed by atoms with Crippen molar-refractivity contribution < 1.29 is 17.6 Å². The maximum absolute atomic E-state index is 14.2. The predicted molar refractivity (Wildman–Crippen MR) is 78.0 cm³/mol. The molecule has 0 fully saturated rings. The van der Waals surface area contributed by atoms with E-state index in [1.807, 2.05) is 24.3 Å². The Balaban J connectivity index is 2.11. The lowest BCUT2D eigenvalue weighted by Gasteiger charge is -2.05. The largest absolute Gasteiger partial charge is 0.203 e. The molecule has 4 aromatic rings. The van der Waals surface area contributed by atoms with Crippen LogP contribution >= 0.6 is 11.3 Å². The van der Waals surface area contributed by atoms with E-state index in [1.54, 1.807) is 6.07 Å². The van der Waals surface area contributed by atoms with Gasteiger partial charge in [0.15, 0.2) is 23.3 Å². The molecular weight excluding hydrogens is 330 g/mol. The van der Waals surface area contributed by atoms with Gasteiger partial charge < -0.3 is 0 Å². The summed E-state index contributed by atoms with van der Waals surface area (Å²) in [7, 11) is 0. The SMILES string of the molecule is Fc1c(F)c(F)c2c(-c3cc4ccccc4s3)nnnc2c1F. The van der Waals surface area contributed by atoms with Crippen molar-refractivity contribution in [2.24, 2.45) is 0 Å². The minimum absolute atomic E-state index is 0.0773. The average molecular weight is 335 g/mol. The van der Waals surface area contributed by atoms with Crippen LogP contribution in [0.4, 0.5) is 17.6 Å². The molecule has 0 amide bonds. The van der Waals surface area contributed by atoms with Crippen molar-refractivity contribution in [3.8, 4) is 10.6 Å². The number of fused-ring (bicyclic) bond motifs is 2. The summed E-state index contributed by atoms with van der Waals surface area (Å²) in [5.41, 5.74) is -0.768. The molecule has 3 nitrogen and oxygen atoms in total. The minimum atomic E-state index is -1.92. The van der Waals surface area contributed by atoms with Gasteiger partial charge in [0.1, 0.15) is 11.2 Å². The second-order valence-electron chi connectivity index (χ2n) is 4.77. The molecule has 2 heterocycles. The van der Waals surface area contributed by atoms with E-state index in [4.69, 9.17) is 0 Å². The number of hydrogen-bond acceptors (Lipinski definition) is 4. The summed E-state index contributed by atoms with van der Waals surface area (Å²) in [5, 5.41) is 10.7. The normalized spacial score (nSPS) is 11.5. The maximum atomic E-state index is 14.2. The Morgan fingerprint density at radius 2 is 1.57 bits per heavy atom. The smallest absolute Gasteiger partial charge is 0.199 e. The van der Waals surface area contributed by atoms with Gasteiger partial charge in [0.05, 0.1) is 10.3 Å². The van der Waals surface area contributed by atoms with Crippen LogP contribution in [-0.2, 0) is 0 Å². The summed E-state index contributed by atoms with van der Waals surface area (Å²) in [4.78, 5) is 0.454. The van der Waals surface area contributed by atoms with E-state index in [2.05, 4.69) is 15.4 Å². The van der Waals surface area contributed by atoms with Crippen LogP contribution in [0.5, 0.6) is 0 Å². The zero-order valence-corrected chi connectivity index (χ0v) is 12.0. The van der Waals surface area contributed by atoms with Crippen molar-refractivity contribution in [2.45, 2.75) is 0 Å². The van der Waals surface area contributed by atoms with Gasteiger partial charge in [-0.3, -0.25) is 0 Å². The van der Waals surface area contributed by atoms with Crippen molar-refractivity contribution >= 4 is 32.3 Å². The van der Waals surface area contributed by atoms with Crippen LogP contribution in [0.2, 0.25) is 0 Å². The number of rotatable bonds is 1. The Morgan fingerprint density at radius 3 is 2.35 bits per heavy atom. The summed E-state index contributed by atoms with van der Waals surface area (Å²) >= 11 is 1.25. The van der Waals surface area contributed by atoms with Crippen LogP contribution in [0.1, 0.15) is 0 Å². The number of halogens is 4. The lowest BCUT2D eigenvalue weighted by Crippen LogP contribution is -2.03. The molecule has 0 aliphatic heterocycles. The van der Waals surface area contributed by atoms with Crippen LogP contribution in [0, 0.1) is 23.3 Å². The van der Waals surface area contributed by atoms with E-state index in [-0.39, 0.29) is 5.69 Å². The Kier molecular flexibility index (Phi) is 3.02. The summed E-state index contributed by atoms with van der Waals surface area (Å²) in [5.74, 6) is -6.94. The van der Waals surface area contributed by atoms with Gasteiger partial charge in [-0.1, -0.05) is 18.2 Å². The van der Waals surface area contributed by atoms with E-state index >= 15 is 0 Å². The second-order valence-corrected chi connectivity index (χ2v) is 5.85. The molecule has 4 rings (SSSR count). The first-order valence-corrected chi connectivity index (χ1v) is 7.23. The summed E-state index contributed by atoms with van der Waals surface area (Å²) in [6.45, 7) is 0. The van der Waals surface area contributed by atoms with Crippen molar-refractivity contribution in [2.75, 3.05) is 0 Å². The van der Waals surface area contributed by atoms with Gasteiger partial charge in [0.25, 0.3) is 0 Å². The quantitative estimate of drug-likeness (QED) is 0.293. The standard InChI is InChI=1S/C15H5F4N3S/c16-10-9-14(8-5-6-3-1-2-4-7(6)23-8)20-22-21-15(9)13(19)12(18)11(10)17/h1-5H. The van der Waals surface area contributed by atoms with E-state index in [9.17, 15) is 17.6 Å². The molecule has 8 heteroatoms. The maximum Gasteiger partial charge on any atom is 0.199 e. The molecule has 0 N–H and O–H groups in total. The third-order valence-electron chi connectivity index (χ3n) is 3.43. The highest BCUT2D eigenvalue weighted by Gasteiger charge is 2.25.